The molecule has 6 nitrogen and oxygen atoms in total. The molecule has 0 saturated carbocycles. The Morgan fingerprint density at radius 3 is 1.77 bits per heavy atom. The zero-order valence-electron chi connectivity index (χ0n) is 49.1. The SMILES string of the molecule is [2H]c1c([2H])c([2H])c(-c2cccc(-c3cc(C(C)C)cc(C(C)C)c3)c2Oc2ccnc(-n3c4ccccc4c4ccc(Oc5cccc(N6CN(c7cc(C(C)(C)C)cc(C(C)(C)C)c7)c7ccccc76)c5)cc43)c2)c([2H])c1[2H]. The van der Waals surface area contributed by atoms with Crippen LogP contribution in [0.1, 0.15) is 110 Å². The summed E-state index contributed by atoms with van der Waals surface area (Å²) in [5, 5.41) is 2.06. The van der Waals surface area contributed by atoms with E-state index in [1.54, 1.807) is 18.3 Å². The highest BCUT2D eigenvalue weighted by Gasteiger charge is 2.31. The van der Waals surface area contributed by atoms with Crippen molar-refractivity contribution >= 4 is 44.6 Å². The monoisotopic (exact) mass is 976 g/mol. The lowest BCUT2D eigenvalue weighted by atomic mass is 9.80. The van der Waals surface area contributed by atoms with E-state index in [0.717, 1.165) is 61.1 Å². The van der Waals surface area contributed by atoms with Crippen LogP contribution in [-0.4, -0.2) is 16.2 Å². The van der Waals surface area contributed by atoms with Gasteiger partial charge in [-0.05, 0) is 117 Å². The lowest BCUT2D eigenvalue weighted by molar-refractivity contribution is 0.483. The van der Waals surface area contributed by atoms with E-state index in [9.17, 15) is 0 Å². The minimum Gasteiger partial charge on any atom is -0.457 e. The average molecular weight is 976 g/mol. The topological polar surface area (TPSA) is 42.8 Å². The number of fused-ring (bicyclic) bond motifs is 4. The summed E-state index contributed by atoms with van der Waals surface area (Å²) in [5.74, 6) is 3.23. The summed E-state index contributed by atoms with van der Waals surface area (Å²) in [5.41, 5.74) is 13.2. The Kier molecular flexibility index (Phi) is 10.9. The first-order valence-electron chi connectivity index (χ1n) is 28.3. The molecule has 0 bridgehead atoms. The first-order chi connectivity index (χ1) is 37.6. The molecule has 0 saturated heterocycles. The van der Waals surface area contributed by atoms with Crippen molar-refractivity contribution in [1.29, 1.82) is 0 Å². The van der Waals surface area contributed by atoms with E-state index in [1.807, 2.05) is 48.5 Å². The van der Waals surface area contributed by atoms with E-state index < -0.39 is 18.1 Å². The highest BCUT2D eigenvalue weighted by atomic mass is 16.5. The molecule has 10 aromatic rings. The van der Waals surface area contributed by atoms with Gasteiger partial charge < -0.3 is 19.3 Å². The van der Waals surface area contributed by atoms with Crippen molar-refractivity contribution in [3.05, 3.63) is 216 Å². The van der Waals surface area contributed by atoms with Gasteiger partial charge in [-0.2, -0.15) is 0 Å². The van der Waals surface area contributed by atoms with Gasteiger partial charge in [-0.15, -0.1) is 0 Å². The van der Waals surface area contributed by atoms with Gasteiger partial charge in [0.05, 0.1) is 29.3 Å². The highest BCUT2D eigenvalue weighted by molar-refractivity contribution is 6.09. The van der Waals surface area contributed by atoms with Gasteiger partial charge in [0.25, 0.3) is 0 Å². The highest BCUT2D eigenvalue weighted by Crippen LogP contribution is 2.48. The fraction of sp³-hybridized carbons (Fsp3) is 0.221. The number of aromatic nitrogens is 2. The third-order valence-corrected chi connectivity index (χ3v) is 14.3. The molecule has 0 N–H and O–H groups in total. The zero-order chi connectivity index (χ0) is 55.8. The second-order valence-corrected chi connectivity index (χ2v) is 22.2. The molecule has 0 aliphatic carbocycles. The Labute approximate surface area is 444 Å². The summed E-state index contributed by atoms with van der Waals surface area (Å²) in [6.45, 7) is 23.0. The number of hydrogen-bond acceptors (Lipinski definition) is 5. The van der Waals surface area contributed by atoms with Crippen LogP contribution in [0.3, 0.4) is 0 Å². The summed E-state index contributed by atoms with van der Waals surface area (Å²) >= 11 is 0. The Morgan fingerprint density at radius 2 is 1.09 bits per heavy atom. The van der Waals surface area contributed by atoms with E-state index in [0.29, 0.717) is 41.0 Å². The number of para-hydroxylation sites is 4. The number of pyridine rings is 1. The molecule has 0 spiro atoms. The quantitative estimate of drug-likeness (QED) is 0.129. The average Bonchev–Trinajstić information content (AvgIpc) is 4.24. The Hall–Kier alpha value is -8.09. The maximum atomic E-state index is 9.08. The lowest BCUT2D eigenvalue weighted by Gasteiger charge is -2.29. The molecule has 0 atom stereocenters. The molecular weight excluding hydrogens is 905 g/mol. The van der Waals surface area contributed by atoms with Crippen molar-refractivity contribution in [2.75, 3.05) is 16.5 Å². The first-order valence-corrected chi connectivity index (χ1v) is 25.8. The van der Waals surface area contributed by atoms with Crippen LogP contribution < -0.4 is 19.3 Å². The van der Waals surface area contributed by atoms with E-state index in [4.69, 9.17) is 21.3 Å². The summed E-state index contributed by atoms with van der Waals surface area (Å²) in [4.78, 5) is 9.73. The molecule has 0 amide bonds. The molecule has 1 aliphatic heterocycles. The molecule has 6 heteroatoms. The number of benzene rings is 8. The predicted octanol–water partition coefficient (Wildman–Crippen LogP) is 19.2. The van der Waals surface area contributed by atoms with Crippen LogP contribution >= 0.6 is 0 Å². The summed E-state index contributed by atoms with van der Waals surface area (Å²) in [6.07, 6.45) is 1.71. The van der Waals surface area contributed by atoms with E-state index in [-0.39, 0.29) is 40.3 Å². The normalized spacial score (nSPS) is 13.8. The van der Waals surface area contributed by atoms with Crippen molar-refractivity contribution in [3.63, 3.8) is 0 Å². The molecule has 2 aromatic heterocycles. The summed E-state index contributed by atoms with van der Waals surface area (Å²) < 4.78 is 59.8. The molecular formula is C68H66N4O2. The van der Waals surface area contributed by atoms with E-state index >= 15 is 0 Å². The second kappa shape index (κ2) is 19.1. The van der Waals surface area contributed by atoms with Crippen LogP contribution in [-0.2, 0) is 10.8 Å². The minimum absolute atomic E-state index is 0.0215. The zero-order valence-corrected chi connectivity index (χ0v) is 44.1. The van der Waals surface area contributed by atoms with Gasteiger partial charge in [-0.3, -0.25) is 4.57 Å². The summed E-state index contributed by atoms with van der Waals surface area (Å²) in [7, 11) is 0. The Balaban J connectivity index is 0.973. The standard InChI is InChI=1S/C68H66N4O2/c1-44(2)47-34-48(45(3)4)36-49(35-47)58-26-19-25-57(46-20-12-11-13-21-46)66(58)74-56-32-33-69-65(42-56)72-61-27-15-14-24-59(61)60-31-30-55(41-64(60)72)73-54-23-18-22-52(40-54)70-43-71(63-29-17-16-28-62(63)70)53-38-50(67(5,6)7)37-51(39-53)68(8,9)10/h11-42,44-45H,43H2,1-10H3/i11D,12D,13D,20D,21D. The van der Waals surface area contributed by atoms with Crippen LogP contribution in [0.25, 0.3) is 49.9 Å². The molecule has 0 unspecified atom stereocenters. The molecule has 8 aromatic carbocycles. The number of ether oxygens (including phenoxy) is 2. The Bertz CT molecular complexity index is 3930. The molecule has 74 heavy (non-hydrogen) atoms. The van der Waals surface area contributed by atoms with Gasteiger partial charge in [0.1, 0.15) is 35.5 Å². The largest absolute Gasteiger partial charge is 0.457 e. The number of anilines is 4. The number of hydrogen-bond donors (Lipinski definition) is 0. The van der Waals surface area contributed by atoms with Gasteiger partial charge in [-0.25, -0.2) is 4.98 Å². The molecule has 0 fully saturated rings. The Morgan fingerprint density at radius 1 is 0.500 bits per heavy atom. The maximum absolute atomic E-state index is 9.08. The lowest BCUT2D eigenvalue weighted by Crippen LogP contribution is -2.25. The fourth-order valence-corrected chi connectivity index (χ4v) is 10.1. The molecule has 0 radical (unpaired) electrons. The van der Waals surface area contributed by atoms with Crippen LogP contribution in [0.4, 0.5) is 22.7 Å². The molecule has 370 valence electrons. The van der Waals surface area contributed by atoms with Gasteiger partial charge in [-0.1, -0.05) is 178 Å². The third-order valence-electron chi connectivity index (χ3n) is 14.3. The van der Waals surface area contributed by atoms with Crippen molar-refractivity contribution in [2.45, 2.75) is 91.9 Å². The molecule has 3 heterocycles. The van der Waals surface area contributed by atoms with Gasteiger partial charge >= 0.3 is 0 Å². The van der Waals surface area contributed by atoms with Gasteiger partial charge in [0.15, 0.2) is 0 Å². The smallest absolute Gasteiger partial charge is 0.143 e. The van der Waals surface area contributed by atoms with Crippen molar-refractivity contribution in [2.24, 2.45) is 0 Å². The molecule has 11 rings (SSSR count). The van der Waals surface area contributed by atoms with Crippen LogP contribution in [0, 0.1) is 0 Å². The third kappa shape index (κ3) is 9.30. The maximum Gasteiger partial charge on any atom is 0.143 e. The predicted molar refractivity (Wildman–Crippen MR) is 310 cm³/mol. The first kappa shape index (κ1) is 42.4. The van der Waals surface area contributed by atoms with Gasteiger partial charge in [0, 0.05) is 57.7 Å². The van der Waals surface area contributed by atoms with Crippen molar-refractivity contribution in [1.82, 2.24) is 9.55 Å². The molecule has 1 aliphatic rings. The number of nitrogens with zero attached hydrogens (tertiary/aromatic N) is 4. The summed E-state index contributed by atoms with van der Waals surface area (Å²) in [6, 6.07) is 52.3. The van der Waals surface area contributed by atoms with Crippen LogP contribution in [0.2, 0.25) is 0 Å². The van der Waals surface area contributed by atoms with Crippen LogP contribution in [0.15, 0.2) is 194 Å². The fourth-order valence-electron chi connectivity index (χ4n) is 10.1. The minimum atomic E-state index is -0.455. The van der Waals surface area contributed by atoms with E-state index in [2.05, 4.69) is 181 Å². The van der Waals surface area contributed by atoms with E-state index in [1.165, 1.54) is 16.8 Å². The number of rotatable bonds is 11. The van der Waals surface area contributed by atoms with Crippen molar-refractivity contribution in [3.8, 4) is 51.1 Å². The van der Waals surface area contributed by atoms with Crippen molar-refractivity contribution < 1.29 is 16.3 Å². The van der Waals surface area contributed by atoms with Crippen LogP contribution in [0.5, 0.6) is 23.0 Å². The second-order valence-electron chi connectivity index (χ2n) is 22.2. The van der Waals surface area contributed by atoms with Gasteiger partial charge in [0.2, 0.25) is 0 Å².